The number of fused-ring (bicyclic) bond motifs is 1. The van der Waals surface area contributed by atoms with Crippen molar-refractivity contribution in [3.05, 3.63) is 34.3 Å². The largest absolute Gasteiger partial charge is 0.419 e. The van der Waals surface area contributed by atoms with Crippen LogP contribution < -0.4 is 11.1 Å². The summed E-state index contributed by atoms with van der Waals surface area (Å²) in [6, 6.07) is 5.91. The highest BCUT2D eigenvalue weighted by molar-refractivity contribution is 7.80. The molecule has 0 atom stereocenters. The average molecular weight is 266 g/mol. The summed E-state index contributed by atoms with van der Waals surface area (Å²) in [5.41, 5.74) is 2.68. The molecule has 0 aliphatic rings. The van der Waals surface area contributed by atoms with Crippen molar-refractivity contribution in [3.8, 4) is 0 Å². The van der Waals surface area contributed by atoms with Gasteiger partial charge in [0.25, 0.3) is 0 Å². The number of hydrogen-bond acceptors (Lipinski definition) is 4. The maximum atomic E-state index is 11.4. The molecule has 1 N–H and O–H groups in total. The van der Waals surface area contributed by atoms with Crippen LogP contribution in [-0.2, 0) is 13.5 Å². The topological polar surface area (TPSA) is 47.2 Å². The van der Waals surface area contributed by atoms with Crippen LogP contribution in [0.5, 0.6) is 0 Å². The molecule has 98 valence electrons. The summed E-state index contributed by atoms with van der Waals surface area (Å²) in [5.74, 6) is 0.600. The van der Waals surface area contributed by atoms with Gasteiger partial charge in [0.2, 0.25) is 0 Å². The molecule has 0 saturated carbocycles. The van der Waals surface area contributed by atoms with Gasteiger partial charge in [0, 0.05) is 7.05 Å². The summed E-state index contributed by atoms with van der Waals surface area (Å²) >= 11 is 4.16. The summed E-state index contributed by atoms with van der Waals surface area (Å²) in [7, 11) is 1.72. The van der Waals surface area contributed by atoms with E-state index >= 15 is 0 Å². The highest BCUT2D eigenvalue weighted by Crippen LogP contribution is 2.14. The van der Waals surface area contributed by atoms with Crippen LogP contribution in [0.3, 0.4) is 0 Å². The second-order valence-electron chi connectivity index (χ2n) is 4.31. The Hall–Kier alpha value is -1.20. The first-order valence-corrected chi connectivity index (χ1v) is 6.75. The molecule has 18 heavy (non-hydrogen) atoms. The lowest BCUT2D eigenvalue weighted by Crippen LogP contribution is -2.18. The molecule has 0 radical (unpaired) electrons. The van der Waals surface area contributed by atoms with Gasteiger partial charge in [-0.05, 0) is 49.4 Å². The number of oxazole rings is 1. The van der Waals surface area contributed by atoms with Gasteiger partial charge in [-0.1, -0.05) is 6.07 Å². The highest BCUT2D eigenvalue weighted by atomic mass is 32.1. The van der Waals surface area contributed by atoms with Crippen molar-refractivity contribution in [2.24, 2.45) is 7.05 Å². The van der Waals surface area contributed by atoms with Crippen LogP contribution in [0.1, 0.15) is 12.0 Å². The Morgan fingerprint density at radius 1 is 1.39 bits per heavy atom. The van der Waals surface area contributed by atoms with Crippen molar-refractivity contribution in [3.63, 3.8) is 0 Å². The summed E-state index contributed by atoms with van der Waals surface area (Å²) in [5, 5.41) is 3.35. The fraction of sp³-hybridized carbons (Fsp3) is 0.462. The van der Waals surface area contributed by atoms with E-state index in [2.05, 4.69) is 17.9 Å². The van der Waals surface area contributed by atoms with Gasteiger partial charge in [-0.15, -0.1) is 0 Å². The van der Waals surface area contributed by atoms with Crippen LogP contribution in [0.15, 0.2) is 27.4 Å². The Labute approximate surface area is 111 Å². The van der Waals surface area contributed by atoms with Crippen molar-refractivity contribution in [2.75, 3.05) is 18.8 Å². The molecule has 1 aromatic carbocycles. The molecule has 1 aromatic heterocycles. The Morgan fingerprint density at radius 3 is 3.00 bits per heavy atom. The molecule has 0 unspecified atom stereocenters. The minimum Gasteiger partial charge on any atom is -0.408 e. The molecule has 5 heteroatoms. The number of nitrogens with zero attached hydrogens (tertiary/aromatic N) is 1. The quantitative estimate of drug-likeness (QED) is 0.616. The first-order valence-electron chi connectivity index (χ1n) is 6.12. The van der Waals surface area contributed by atoms with E-state index in [1.165, 1.54) is 10.1 Å². The van der Waals surface area contributed by atoms with E-state index in [1.807, 2.05) is 18.2 Å². The molecule has 0 amide bonds. The Kier molecular flexibility index (Phi) is 4.49. The predicted molar refractivity (Wildman–Crippen MR) is 76.5 cm³/mol. The molecule has 2 aromatic rings. The van der Waals surface area contributed by atoms with Crippen LogP contribution in [-0.4, -0.2) is 23.4 Å². The second-order valence-corrected chi connectivity index (χ2v) is 4.75. The van der Waals surface area contributed by atoms with E-state index in [-0.39, 0.29) is 5.76 Å². The van der Waals surface area contributed by atoms with E-state index < -0.39 is 0 Å². The Balaban J connectivity index is 2.00. The van der Waals surface area contributed by atoms with Gasteiger partial charge in [-0.2, -0.15) is 12.6 Å². The van der Waals surface area contributed by atoms with E-state index in [9.17, 15) is 4.79 Å². The van der Waals surface area contributed by atoms with Gasteiger partial charge in [-0.3, -0.25) is 4.57 Å². The maximum absolute atomic E-state index is 11.4. The van der Waals surface area contributed by atoms with Gasteiger partial charge in [-0.25, -0.2) is 4.79 Å². The lowest BCUT2D eigenvalue weighted by Gasteiger charge is -2.03. The first-order chi connectivity index (χ1) is 8.72. The van der Waals surface area contributed by atoms with E-state index in [4.69, 9.17) is 4.42 Å². The highest BCUT2D eigenvalue weighted by Gasteiger charge is 2.05. The van der Waals surface area contributed by atoms with Crippen molar-refractivity contribution in [1.82, 2.24) is 9.88 Å². The number of aromatic nitrogens is 1. The van der Waals surface area contributed by atoms with Crippen molar-refractivity contribution in [2.45, 2.75) is 12.8 Å². The van der Waals surface area contributed by atoms with E-state index in [0.717, 1.165) is 37.2 Å². The second kappa shape index (κ2) is 6.11. The fourth-order valence-corrected chi connectivity index (χ4v) is 2.05. The molecular formula is C13H18N2O2S. The summed E-state index contributed by atoms with van der Waals surface area (Å²) < 4.78 is 6.68. The van der Waals surface area contributed by atoms with Crippen LogP contribution in [0, 0.1) is 0 Å². The Bertz CT molecular complexity index is 574. The number of benzene rings is 1. The molecule has 4 nitrogen and oxygen atoms in total. The maximum Gasteiger partial charge on any atom is 0.419 e. The van der Waals surface area contributed by atoms with Crippen LogP contribution in [0.4, 0.5) is 0 Å². The third-order valence-electron chi connectivity index (χ3n) is 2.96. The lowest BCUT2D eigenvalue weighted by atomic mass is 10.1. The van der Waals surface area contributed by atoms with Crippen molar-refractivity contribution >= 4 is 23.7 Å². The molecule has 0 fully saturated rings. The molecular weight excluding hydrogens is 248 g/mol. The van der Waals surface area contributed by atoms with E-state index in [0.29, 0.717) is 5.58 Å². The molecule has 0 spiro atoms. The van der Waals surface area contributed by atoms with Crippen molar-refractivity contribution < 1.29 is 4.42 Å². The number of thiol groups is 1. The van der Waals surface area contributed by atoms with Gasteiger partial charge in [0.1, 0.15) is 0 Å². The van der Waals surface area contributed by atoms with Gasteiger partial charge in [0.15, 0.2) is 5.58 Å². The molecule has 0 aliphatic heterocycles. The van der Waals surface area contributed by atoms with Crippen LogP contribution >= 0.6 is 12.6 Å². The monoisotopic (exact) mass is 266 g/mol. The Morgan fingerprint density at radius 2 is 2.22 bits per heavy atom. The summed E-state index contributed by atoms with van der Waals surface area (Å²) in [4.78, 5) is 11.4. The third kappa shape index (κ3) is 2.97. The molecule has 0 bridgehead atoms. The predicted octanol–water partition coefficient (Wildman–Crippen LogP) is 1.58. The third-order valence-corrected chi connectivity index (χ3v) is 3.28. The first kappa shape index (κ1) is 13.2. The normalized spacial score (nSPS) is 11.2. The zero-order chi connectivity index (χ0) is 13.0. The lowest BCUT2D eigenvalue weighted by molar-refractivity contribution is 0.527. The zero-order valence-electron chi connectivity index (χ0n) is 10.5. The molecule has 0 aliphatic carbocycles. The number of hydrogen-bond donors (Lipinski definition) is 2. The fourth-order valence-electron chi connectivity index (χ4n) is 1.90. The van der Waals surface area contributed by atoms with Gasteiger partial charge < -0.3 is 9.73 Å². The van der Waals surface area contributed by atoms with Crippen molar-refractivity contribution in [1.29, 1.82) is 0 Å². The number of aryl methyl sites for hydroxylation is 1. The smallest absolute Gasteiger partial charge is 0.408 e. The minimum atomic E-state index is -0.311. The van der Waals surface area contributed by atoms with Gasteiger partial charge in [0.05, 0.1) is 5.52 Å². The molecule has 0 saturated heterocycles. The number of rotatable bonds is 6. The minimum absolute atomic E-state index is 0.311. The standard InChI is InChI=1S/C13H18N2O2S/c1-15-11-4-3-10(5-7-14-6-2-8-18)9-12(11)17-13(15)16/h3-4,9,14,18H,2,5-8H2,1H3. The van der Waals surface area contributed by atoms with Gasteiger partial charge >= 0.3 is 5.76 Å². The number of nitrogens with one attached hydrogen (secondary N) is 1. The van der Waals surface area contributed by atoms with E-state index in [1.54, 1.807) is 7.05 Å². The zero-order valence-corrected chi connectivity index (χ0v) is 11.4. The summed E-state index contributed by atoms with van der Waals surface area (Å²) in [6.45, 7) is 1.92. The van der Waals surface area contributed by atoms with Crippen LogP contribution in [0.2, 0.25) is 0 Å². The molecule has 2 rings (SSSR count). The summed E-state index contributed by atoms with van der Waals surface area (Å²) in [6.07, 6.45) is 2.01. The SMILES string of the molecule is Cn1c(=O)oc2cc(CCNCCCS)ccc21. The average Bonchev–Trinajstić information content (AvgIpc) is 2.65. The van der Waals surface area contributed by atoms with Crippen LogP contribution in [0.25, 0.3) is 11.1 Å². The molecule has 1 heterocycles.